The smallest absolute Gasteiger partial charge is 0.255 e. The highest BCUT2D eigenvalue weighted by atomic mass is 19.1. The molecule has 0 saturated carbocycles. The lowest BCUT2D eigenvalue weighted by atomic mass is 9.97. The van der Waals surface area contributed by atoms with Crippen LogP contribution in [0.3, 0.4) is 0 Å². The number of hydrogen-bond acceptors (Lipinski definition) is 7. The number of ether oxygens (including phenoxy) is 4. The van der Waals surface area contributed by atoms with Gasteiger partial charge in [0.05, 0.1) is 48.6 Å². The molecule has 0 radical (unpaired) electrons. The van der Waals surface area contributed by atoms with Crippen LogP contribution in [-0.4, -0.2) is 62.6 Å². The average Bonchev–Trinajstić information content (AvgIpc) is 3.20. The van der Waals surface area contributed by atoms with E-state index in [2.05, 4.69) is 20.6 Å². The van der Waals surface area contributed by atoms with Crippen LogP contribution in [0.2, 0.25) is 0 Å². The van der Waals surface area contributed by atoms with Crippen LogP contribution < -0.4 is 20.1 Å². The summed E-state index contributed by atoms with van der Waals surface area (Å²) < 4.78 is 36.7. The molecule has 1 fully saturated rings. The maximum atomic E-state index is 14.5. The normalized spacial score (nSPS) is 18.9. The lowest BCUT2D eigenvalue weighted by Gasteiger charge is -2.26. The fourth-order valence-corrected chi connectivity index (χ4v) is 4.39. The van der Waals surface area contributed by atoms with Gasteiger partial charge in [-0.25, -0.2) is 4.39 Å². The first-order valence-corrected chi connectivity index (χ1v) is 11.4. The third kappa shape index (κ3) is 4.42. The second-order valence-electron chi connectivity index (χ2n) is 8.44. The van der Waals surface area contributed by atoms with Crippen LogP contribution in [0, 0.1) is 5.82 Å². The van der Waals surface area contributed by atoms with Crippen molar-refractivity contribution in [2.45, 2.75) is 18.4 Å². The van der Waals surface area contributed by atoms with Gasteiger partial charge in [0.2, 0.25) is 0 Å². The number of hydrogen-bond donors (Lipinski definition) is 3. The van der Waals surface area contributed by atoms with E-state index in [9.17, 15) is 9.18 Å². The van der Waals surface area contributed by atoms with Crippen LogP contribution in [0.5, 0.6) is 11.5 Å². The monoisotopic (exact) mass is 482 g/mol. The van der Waals surface area contributed by atoms with E-state index in [1.54, 1.807) is 31.6 Å². The zero-order valence-electron chi connectivity index (χ0n) is 19.5. The number of rotatable bonds is 9. The molecule has 1 saturated heterocycles. The lowest BCUT2D eigenvalue weighted by Crippen LogP contribution is -2.36. The Balaban J connectivity index is 1.63. The van der Waals surface area contributed by atoms with Crippen LogP contribution in [0.25, 0.3) is 11.3 Å². The Hall–Kier alpha value is -3.63. The predicted molar refractivity (Wildman–Crippen MR) is 127 cm³/mol. The largest absolute Gasteiger partial charge is 0.492 e. The molecule has 0 aliphatic carbocycles. The van der Waals surface area contributed by atoms with Crippen LogP contribution >= 0.6 is 0 Å². The first-order valence-electron chi connectivity index (χ1n) is 11.4. The topological polar surface area (TPSA) is 107 Å². The van der Waals surface area contributed by atoms with Gasteiger partial charge in [0.25, 0.3) is 5.91 Å². The van der Waals surface area contributed by atoms with Crippen molar-refractivity contribution < 1.29 is 28.1 Å². The second kappa shape index (κ2) is 9.93. The minimum absolute atomic E-state index is 0.0471. The fraction of sp³-hybridized carbons (Fsp3) is 0.360. The highest BCUT2D eigenvalue weighted by molar-refractivity contribution is 6.07. The molecule has 1 aromatic carbocycles. The van der Waals surface area contributed by atoms with Gasteiger partial charge in [-0.2, -0.15) is 0 Å². The molecular weight excluding hydrogens is 455 g/mol. The number of fused-ring (bicyclic) bond motifs is 1. The number of nitrogens with one attached hydrogen (secondary N) is 3. The number of nitrogens with zero attached hydrogens (tertiary/aromatic N) is 1. The van der Waals surface area contributed by atoms with E-state index in [4.69, 9.17) is 18.9 Å². The van der Waals surface area contributed by atoms with Gasteiger partial charge in [-0.1, -0.05) is 6.07 Å². The first-order chi connectivity index (χ1) is 17.1. The Morgan fingerprint density at radius 1 is 1.26 bits per heavy atom. The molecule has 2 aromatic heterocycles. The molecule has 2 atom stereocenters. The van der Waals surface area contributed by atoms with Gasteiger partial charge >= 0.3 is 0 Å². The number of anilines is 2. The summed E-state index contributed by atoms with van der Waals surface area (Å²) in [5.41, 5.74) is 3.36. The number of halogens is 1. The van der Waals surface area contributed by atoms with Gasteiger partial charge < -0.3 is 34.6 Å². The number of pyridine rings is 1. The number of carbonyl (C=O) groups excluding carboxylic acids is 1. The number of amides is 1. The van der Waals surface area contributed by atoms with E-state index in [0.717, 1.165) is 18.7 Å². The lowest BCUT2D eigenvalue weighted by molar-refractivity contribution is -0.0720. The summed E-state index contributed by atoms with van der Waals surface area (Å²) in [7, 11) is 3.02. The molecule has 0 bridgehead atoms. The summed E-state index contributed by atoms with van der Waals surface area (Å²) in [5.74, 6) is -0.261. The summed E-state index contributed by atoms with van der Waals surface area (Å²) in [6.45, 7) is 1.97. The van der Waals surface area contributed by atoms with Gasteiger partial charge in [-0.3, -0.25) is 9.78 Å². The number of para-hydroxylation sites is 1. The van der Waals surface area contributed by atoms with Crippen molar-refractivity contribution >= 4 is 17.3 Å². The minimum atomic E-state index is -0.515. The SMILES string of the molecule is COC[C@H]1CNC(=O)c2c1[nH]c(-c1ccncc1OC[C@H]1CCO1)c2Nc1cccc(F)c1OC. The van der Waals surface area contributed by atoms with Crippen molar-refractivity contribution in [1.29, 1.82) is 0 Å². The fourth-order valence-electron chi connectivity index (χ4n) is 4.39. The highest BCUT2D eigenvalue weighted by Crippen LogP contribution is 2.43. The molecule has 9 nitrogen and oxygen atoms in total. The molecule has 5 rings (SSSR count). The van der Waals surface area contributed by atoms with Gasteiger partial charge in [-0.15, -0.1) is 0 Å². The molecule has 3 aromatic rings. The van der Waals surface area contributed by atoms with Crippen LogP contribution in [0.4, 0.5) is 15.8 Å². The number of benzene rings is 1. The molecule has 0 unspecified atom stereocenters. The molecule has 3 N–H and O–H groups in total. The maximum absolute atomic E-state index is 14.5. The molecule has 0 spiro atoms. The Labute approximate surface area is 201 Å². The highest BCUT2D eigenvalue weighted by Gasteiger charge is 2.34. The standard InChI is InChI=1S/C25H27FN4O5/c1-32-12-14-10-28-25(31)20-21(14)30-22(23(20)29-18-5-3-4-17(26)24(18)33-2)16-6-8-27-11-19(16)35-13-15-7-9-34-15/h3-6,8,11,14-15,29-30H,7,9-10,12-13H2,1-2H3,(H,28,31)/t14-,15-/m1/s1. The van der Waals surface area contributed by atoms with Crippen LogP contribution in [-0.2, 0) is 9.47 Å². The molecule has 184 valence electrons. The van der Waals surface area contributed by atoms with Crippen molar-refractivity contribution in [3.63, 3.8) is 0 Å². The van der Waals surface area contributed by atoms with E-state index in [-0.39, 0.29) is 23.7 Å². The van der Waals surface area contributed by atoms with Gasteiger partial charge in [-0.05, 0) is 18.2 Å². The van der Waals surface area contributed by atoms with Crippen molar-refractivity contribution in [2.75, 3.05) is 45.9 Å². The molecule has 2 aliphatic heterocycles. The predicted octanol–water partition coefficient (Wildman–Crippen LogP) is 3.61. The summed E-state index contributed by atoms with van der Waals surface area (Å²) >= 11 is 0. The number of H-pyrrole nitrogens is 1. The third-order valence-electron chi connectivity index (χ3n) is 6.24. The van der Waals surface area contributed by atoms with Crippen molar-refractivity contribution in [3.8, 4) is 22.8 Å². The van der Waals surface area contributed by atoms with E-state index in [1.807, 2.05) is 6.07 Å². The quantitative estimate of drug-likeness (QED) is 0.428. The van der Waals surface area contributed by atoms with Gasteiger partial charge in [0, 0.05) is 50.1 Å². The molecule has 2 aliphatic rings. The number of carbonyl (C=O) groups is 1. The summed E-state index contributed by atoms with van der Waals surface area (Å²) in [6.07, 6.45) is 4.27. The van der Waals surface area contributed by atoms with Crippen molar-refractivity contribution in [3.05, 3.63) is 53.7 Å². The van der Waals surface area contributed by atoms with Gasteiger partial charge in [0.1, 0.15) is 12.4 Å². The van der Waals surface area contributed by atoms with Crippen molar-refractivity contribution in [2.24, 2.45) is 0 Å². The van der Waals surface area contributed by atoms with Crippen molar-refractivity contribution in [1.82, 2.24) is 15.3 Å². The molecule has 10 heteroatoms. The van der Waals surface area contributed by atoms with Crippen LogP contribution in [0.1, 0.15) is 28.4 Å². The summed E-state index contributed by atoms with van der Waals surface area (Å²) in [6, 6.07) is 6.39. The van der Waals surface area contributed by atoms with E-state index < -0.39 is 5.82 Å². The Morgan fingerprint density at radius 2 is 2.11 bits per heavy atom. The number of methoxy groups -OCH3 is 2. The third-order valence-corrected chi connectivity index (χ3v) is 6.24. The maximum Gasteiger partial charge on any atom is 0.255 e. The molecule has 1 amide bonds. The zero-order valence-corrected chi connectivity index (χ0v) is 19.5. The number of aromatic amines is 1. The summed E-state index contributed by atoms with van der Waals surface area (Å²) in [4.78, 5) is 20.7. The Morgan fingerprint density at radius 3 is 2.86 bits per heavy atom. The first kappa shape index (κ1) is 23.1. The Bertz CT molecular complexity index is 1230. The van der Waals surface area contributed by atoms with E-state index >= 15 is 0 Å². The molecule has 4 heterocycles. The van der Waals surface area contributed by atoms with Crippen LogP contribution in [0.15, 0.2) is 36.7 Å². The average molecular weight is 483 g/mol. The van der Waals surface area contributed by atoms with E-state index in [0.29, 0.717) is 53.7 Å². The van der Waals surface area contributed by atoms with E-state index in [1.165, 1.54) is 13.2 Å². The zero-order chi connectivity index (χ0) is 24.4. The minimum Gasteiger partial charge on any atom is -0.492 e. The molecular formula is C25H27FN4O5. The number of aromatic nitrogens is 2. The molecule has 35 heavy (non-hydrogen) atoms. The van der Waals surface area contributed by atoms with Gasteiger partial charge in [0.15, 0.2) is 11.6 Å². The second-order valence-corrected chi connectivity index (χ2v) is 8.44. The summed E-state index contributed by atoms with van der Waals surface area (Å²) in [5, 5.41) is 6.18. The Kier molecular flexibility index (Phi) is 6.56.